The molecule has 0 fully saturated rings. The van der Waals surface area contributed by atoms with Crippen LogP contribution in [0.15, 0.2) is 36.4 Å². The van der Waals surface area contributed by atoms with Gasteiger partial charge < -0.3 is 20.3 Å². The lowest BCUT2D eigenvalue weighted by Gasteiger charge is -2.20. The monoisotopic (exact) mass is 275 g/mol. The van der Waals surface area contributed by atoms with Crippen LogP contribution in [0, 0.1) is 0 Å². The largest absolute Gasteiger partial charge is 0.497 e. The van der Waals surface area contributed by atoms with Crippen molar-refractivity contribution >= 4 is 10.8 Å². The summed E-state index contributed by atoms with van der Waals surface area (Å²) in [4.78, 5) is 0. The maximum atomic E-state index is 9.70. The number of fused-ring (bicyclic) bond motifs is 1. The molecule has 4 nitrogen and oxygen atoms in total. The SMILES string of the molecule is COc1ccc2cc(CNCC(C)(O)CO)ccc2c1. The van der Waals surface area contributed by atoms with Gasteiger partial charge in [-0.3, -0.25) is 0 Å². The van der Waals surface area contributed by atoms with Gasteiger partial charge in [0.1, 0.15) is 5.75 Å². The minimum atomic E-state index is -1.08. The van der Waals surface area contributed by atoms with Crippen molar-refractivity contribution in [3.8, 4) is 5.75 Å². The summed E-state index contributed by atoms with van der Waals surface area (Å²) in [5.74, 6) is 0.849. The summed E-state index contributed by atoms with van der Waals surface area (Å²) in [5, 5.41) is 24.1. The predicted molar refractivity (Wildman–Crippen MR) is 79.9 cm³/mol. The van der Waals surface area contributed by atoms with Gasteiger partial charge in [0.25, 0.3) is 0 Å². The summed E-state index contributed by atoms with van der Waals surface area (Å²) in [5.41, 5.74) is 0.0564. The molecule has 2 aromatic rings. The molecule has 0 aliphatic heterocycles. The third-order valence-corrected chi connectivity index (χ3v) is 3.29. The van der Waals surface area contributed by atoms with Gasteiger partial charge in [-0.05, 0) is 41.5 Å². The van der Waals surface area contributed by atoms with E-state index in [9.17, 15) is 5.11 Å². The van der Waals surface area contributed by atoms with Crippen molar-refractivity contribution in [2.45, 2.75) is 19.1 Å². The maximum absolute atomic E-state index is 9.70. The van der Waals surface area contributed by atoms with Gasteiger partial charge in [-0.2, -0.15) is 0 Å². The first kappa shape index (κ1) is 14.8. The molecule has 0 bridgehead atoms. The molecular weight excluding hydrogens is 254 g/mol. The normalized spacial score (nSPS) is 14.2. The Kier molecular flexibility index (Phi) is 4.60. The van der Waals surface area contributed by atoms with E-state index < -0.39 is 5.60 Å². The van der Waals surface area contributed by atoms with E-state index in [-0.39, 0.29) is 6.61 Å². The number of hydrogen-bond donors (Lipinski definition) is 3. The summed E-state index contributed by atoms with van der Waals surface area (Å²) in [7, 11) is 1.66. The van der Waals surface area contributed by atoms with Gasteiger partial charge in [0.15, 0.2) is 0 Å². The van der Waals surface area contributed by atoms with Crippen LogP contribution in [0.2, 0.25) is 0 Å². The van der Waals surface area contributed by atoms with E-state index in [0.29, 0.717) is 13.1 Å². The predicted octanol–water partition coefficient (Wildman–Crippen LogP) is 1.68. The fourth-order valence-electron chi connectivity index (χ4n) is 2.04. The third kappa shape index (κ3) is 3.70. The van der Waals surface area contributed by atoms with Crippen molar-refractivity contribution in [3.05, 3.63) is 42.0 Å². The zero-order valence-electron chi connectivity index (χ0n) is 11.9. The molecule has 0 aliphatic rings. The molecule has 0 saturated heterocycles. The lowest BCUT2D eigenvalue weighted by atomic mass is 10.1. The van der Waals surface area contributed by atoms with E-state index in [0.717, 1.165) is 22.1 Å². The van der Waals surface area contributed by atoms with Crippen molar-refractivity contribution in [2.24, 2.45) is 0 Å². The van der Waals surface area contributed by atoms with Gasteiger partial charge in [-0.25, -0.2) is 0 Å². The lowest BCUT2D eigenvalue weighted by Crippen LogP contribution is -2.40. The summed E-state index contributed by atoms with van der Waals surface area (Å²) >= 11 is 0. The van der Waals surface area contributed by atoms with Crippen LogP contribution < -0.4 is 10.1 Å². The highest BCUT2D eigenvalue weighted by Crippen LogP contribution is 2.21. The first-order valence-corrected chi connectivity index (χ1v) is 6.65. The number of aliphatic hydroxyl groups excluding tert-OH is 1. The standard InChI is InChI=1S/C16H21NO3/c1-16(19,11-18)10-17-9-12-3-4-14-8-15(20-2)6-5-13(14)7-12/h3-8,17-19H,9-11H2,1-2H3. The van der Waals surface area contributed by atoms with Gasteiger partial charge in [0.05, 0.1) is 19.3 Å². The van der Waals surface area contributed by atoms with Crippen LogP contribution in [-0.4, -0.2) is 36.1 Å². The summed E-state index contributed by atoms with van der Waals surface area (Å²) in [6.45, 7) is 2.35. The molecule has 2 rings (SSSR count). The Balaban J connectivity index is 2.05. The minimum absolute atomic E-state index is 0.252. The number of aliphatic hydroxyl groups is 2. The van der Waals surface area contributed by atoms with Crippen LogP contribution in [0.25, 0.3) is 10.8 Å². The van der Waals surface area contributed by atoms with E-state index in [1.54, 1.807) is 14.0 Å². The molecule has 0 heterocycles. The fraction of sp³-hybridized carbons (Fsp3) is 0.375. The zero-order valence-corrected chi connectivity index (χ0v) is 11.9. The number of rotatable bonds is 6. The van der Waals surface area contributed by atoms with Crippen molar-refractivity contribution in [3.63, 3.8) is 0 Å². The van der Waals surface area contributed by atoms with Gasteiger partial charge in [-0.15, -0.1) is 0 Å². The van der Waals surface area contributed by atoms with Crippen molar-refractivity contribution < 1.29 is 14.9 Å². The summed E-state index contributed by atoms with van der Waals surface area (Å²) in [6.07, 6.45) is 0. The van der Waals surface area contributed by atoms with E-state index in [2.05, 4.69) is 17.4 Å². The van der Waals surface area contributed by atoms with Gasteiger partial charge in [0, 0.05) is 13.1 Å². The Labute approximate surface area is 119 Å². The van der Waals surface area contributed by atoms with Crippen molar-refractivity contribution in [1.82, 2.24) is 5.32 Å². The molecule has 0 aliphatic carbocycles. The van der Waals surface area contributed by atoms with Crippen molar-refractivity contribution in [1.29, 1.82) is 0 Å². The minimum Gasteiger partial charge on any atom is -0.497 e. The molecule has 1 unspecified atom stereocenters. The number of ether oxygens (including phenoxy) is 1. The fourth-order valence-corrected chi connectivity index (χ4v) is 2.04. The van der Waals surface area contributed by atoms with Crippen LogP contribution in [0.3, 0.4) is 0 Å². The second-order valence-electron chi connectivity index (χ2n) is 5.31. The second-order valence-corrected chi connectivity index (χ2v) is 5.31. The highest BCUT2D eigenvalue weighted by atomic mass is 16.5. The topological polar surface area (TPSA) is 61.7 Å². The molecule has 0 spiro atoms. The Morgan fingerprint density at radius 3 is 2.55 bits per heavy atom. The molecule has 0 saturated carbocycles. The maximum Gasteiger partial charge on any atom is 0.119 e. The highest BCUT2D eigenvalue weighted by Gasteiger charge is 2.17. The van der Waals surface area contributed by atoms with Crippen LogP contribution in [-0.2, 0) is 6.54 Å². The lowest BCUT2D eigenvalue weighted by molar-refractivity contribution is 0.00254. The van der Waals surface area contributed by atoms with Crippen LogP contribution in [0.4, 0.5) is 0 Å². The Hall–Kier alpha value is -1.62. The van der Waals surface area contributed by atoms with Gasteiger partial charge >= 0.3 is 0 Å². The average molecular weight is 275 g/mol. The van der Waals surface area contributed by atoms with E-state index in [1.165, 1.54) is 0 Å². The summed E-state index contributed by atoms with van der Waals surface area (Å²) in [6, 6.07) is 12.2. The molecule has 0 aromatic heterocycles. The second kappa shape index (κ2) is 6.22. The summed E-state index contributed by atoms with van der Waals surface area (Å²) < 4.78 is 5.20. The highest BCUT2D eigenvalue weighted by molar-refractivity contribution is 5.84. The van der Waals surface area contributed by atoms with Gasteiger partial charge in [-0.1, -0.05) is 18.2 Å². The number of benzene rings is 2. The first-order chi connectivity index (χ1) is 9.54. The first-order valence-electron chi connectivity index (χ1n) is 6.65. The molecule has 0 amide bonds. The Morgan fingerprint density at radius 1 is 1.15 bits per heavy atom. The number of methoxy groups -OCH3 is 1. The quantitative estimate of drug-likeness (QED) is 0.750. The molecule has 1 atom stereocenters. The Morgan fingerprint density at radius 2 is 1.85 bits per heavy atom. The smallest absolute Gasteiger partial charge is 0.119 e. The number of nitrogens with one attached hydrogen (secondary N) is 1. The molecule has 3 N–H and O–H groups in total. The molecule has 2 aromatic carbocycles. The molecule has 4 heteroatoms. The molecular formula is C16H21NO3. The number of hydrogen-bond acceptors (Lipinski definition) is 4. The van der Waals surface area contributed by atoms with E-state index in [1.807, 2.05) is 24.3 Å². The van der Waals surface area contributed by atoms with Gasteiger partial charge in [0.2, 0.25) is 0 Å². The van der Waals surface area contributed by atoms with E-state index in [4.69, 9.17) is 9.84 Å². The van der Waals surface area contributed by atoms with E-state index >= 15 is 0 Å². The van der Waals surface area contributed by atoms with Crippen LogP contribution in [0.1, 0.15) is 12.5 Å². The molecule has 20 heavy (non-hydrogen) atoms. The molecule has 0 radical (unpaired) electrons. The molecule has 108 valence electrons. The van der Waals surface area contributed by atoms with Crippen LogP contribution >= 0.6 is 0 Å². The Bertz CT molecular complexity index is 581. The third-order valence-electron chi connectivity index (χ3n) is 3.29. The zero-order chi connectivity index (χ0) is 14.6. The van der Waals surface area contributed by atoms with Crippen LogP contribution in [0.5, 0.6) is 5.75 Å². The average Bonchev–Trinajstić information content (AvgIpc) is 2.46. The van der Waals surface area contributed by atoms with Crippen molar-refractivity contribution in [2.75, 3.05) is 20.3 Å².